The van der Waals surface area contributed by atoms with Gasteiger partial charge in [-0.2, -0.15) is 0 Å². The van der Waals surface area contributed by atoms with Gasteiger partial charge in [0.05, 0.1) is 0 Å². The summed E-state index contributed by atoms with van der Waals surface area (Å²) in [6.45, 7) is 0. The van der Waals surface area contributed by atoms with E-state index in [-0.39, 0.29) is 5.75 Å². The maximum atomic E-state index is 11.5. The summed E-state index contributed by atoms with van der Waals surface area (Å²) < 4.78 is 38.2. The molecule has 74 valence electrons. The minimum atomic E-state index is -4.60. The molecule has 0 aromatic heterocycles. The highest BCUT2D eigenvalue weighted by Gasteiger charge is 2.30. The standard InChI is InChI=1S/C7H5F3O.CH5N/c8-7(9,10)11-6-4-2-1-3-5-6;1-2/h1-5H;2H2,1H3. The molecule has 0 heterocycles. The van der Waals surface area contributed by atoms with Gasteiger partial charge < -0.3 is 10.5 Å². The second-order valence-corrected chi connectivity index (χ2v) is 1.86. The zero-order valence-corrected chi connectivity index (χ0v) is 7.01. The van der Waals surface area contributed by atoms with Gasteiger partial charge in [-0.1, -0.05) is 18.2 Å². The smallest absolute Gasteiger partial charge is 0.406 e. The molecule has 2 nitrogen and oxygen atoms in total. The molecule has 0 aliphatic rings. The number of nitrogens with two attached hydrogens (primary N) is 1. The van der Waals surface area contributed by atoms with Crippen LogP contribution in [0.3, 0.4) is 0 Å². The number of hydrogen-bond donors (Lipinski definition) is 1. The van der Waals surface area contributed by atoms with E-state index in [0.29, 0.717) is 0 Å². The number of halogens is 3. The molecule has 0 aliphatic heterocycles. The zero-order valence-electron chi connectivity index (χ0n) is 7.01. The van der Waals surface area contributed by atoms with Crippen molar-refractivity contribution >= 4 is 0 Å². The molecule has 0 unspecified atom stereocenters. The number of alkyl halides is 3. The van der Waals surface area contributed by atoms with Crippen molar-refractivity contribution < 1.29 is 17.9 Å². The predicted molar refractivity (Wildman–Crippen MR) is 43.2 cm³/mol. The average Bonchev–Trinajstić information content (AvgIpc) is 2.07. The Bertz CT molecular complexity index is 223. The second-order valence-electron chi connectivity index (χ2n) is 1.86. The van der Waals surface area contributed by atoms with Gasteiger partial charge in [0, 0.05) is 0 Å². The van der Waals surface area contributed by atoms with Gasteiger partial charge in [0.25, 0.3) is 0 Å². The number of benzene rings is 1. The van der Waals surface area contributed by atoms with Crippen LogP contribution in [0, 0.1) is 0 Å². The lowest BCUT2D eigenvalue weighted by Gasteiger charge is -2.07. The first-order valence-electron chi connectivity index (χ1n) is 3.46. The molecule has 13 heavy (non-hydrogen) atoms. The van der Waals surface area contributed by atoms with Gasteiger partial charge in [0.2, 0.25) is 0 Å². The van der Waals surface area contributed by atoms with E-state index in [1.165, 1.54) is 31.3 Å². The summed E-state index contributed by atoms with van der Waals surface area (Å²) in [5.41, 5.74) is 4.50. The first-order valence-corrected chi connectivity index (χ1v) is 3.46. The summed E-state index contributed by atoms with van der Waals surface area (Å²) in [6.07, 6.45) is -4.60. The quantitative estimate of drug-likeness (QED) is 0.741. The summed E-state index contributed by atoms with van der Waals surface area (Å²) in [7, 11) is 1.50. The van der Waals surface area contributed by atoms with Crippen LogP contribution in [0.1, 0.15) is 0 Å². The monoisotopic (exact) mass is 193 g/mol. The second kappa shape index (κ2) is 5.42. The molecule has 0 radical (unpaired) electrons. The Kier molecular flexibility index (Phi) is 4.91. The largest absolute Gasteiger partial charge is 0.573 e. The van der Waals surface area contributed by atoms with Crippen LogP contribution in [0.25, 0.3) is 0 Å². The van der Waals surface area contributed by atoms with Gasteiger partial charge in [-0.25, -0.2) is 0 Å². The lowest BCUT2D eigenvalue weighted by Crippen LogP contribution is -2.16. The molecule has 1 aromatic carbocycles. The normalized spacial score (nSPS) is 9.92. The fourth-order valence-electron chi connectivity index (χ4n) is 0.622. The van der Waals surface area contributed by atoms with E-state index < -0.39 is 6.36 Å². The lowest BCUT2D eigenvalue weighted by atomic mass is 10.3. The Morgan fingerprint density at radius 3 is 1.92 bits per heavy atom. The van der Waals surface area contributed by atoms with Crippen LogP contribution >= 0.6 is 0 Å². The van der Waals surface area contributed by atoms with E-state index in [2.05, 4.69) is 10.5 Å². The van der Waals surface area contributed by atoms with E-state index in [1.807, 2.05) is 0 Å². The van der Waals surface area contributed by atoms with Crippen molar-refractivity contribution in [3.63, 3.8) is 0 Å². The van der Waals surface area contributed by atoms with Crippen molar-refractivity contribution in [2.75, 3.05) is 7.05 Å². The summed E-state index contributed by atoms with van der Waals surface area (Å²) in [6, 6.07) is 7.05. The first-order chi connectivity index (χ1) is 6.08. The number of para-hydroxylation sites is 1. The Hall–Kier alpha value is -1.23. The van der Waals surface area contributed by atoms with Crippen LogP contribution < -0.4 is 10.5 Å². The SMILES string of the molecule is CN.FC(F)(F)Oc1ccccc1. The molecular formula is C8H10F3NO. The van der Waals surface area contributed by atoms with Crippen molar-refractivity contribution in [3.05, 3.63) is 30.3 Å². The Labute approximate surface area is 74.1 Å². The van der Waals surface area contributed by atoms with Gasteiger partial charge in [-0.3, -0.25) is 0 Å². The molecular weight excluding hydrogens is 183 g/mol. The minimum Gasteiger partial charge on any atom is -0.406 e. The van der Waals surface area contributed by atoms with Crippen molar-refractivity contribution in [2.45, 2.75) is 6.36 Å². The van der Waals surface area contributed by atoms with Crippen molar-refractivity contribution in [2.24, 2.45) is 5.73 Å². The minimum absolute atomic E-state index is 0.194. The van der Waals surface area contributed by atoms with E-state index in [9.17, 15) is 13.2 Å². The lowest BCUT2D eigenvalue weighted by molar-refractivity contribution is -0.274. The molecule has 0 bridgehead atoms. The topological polar surface area (TPSA) is 35.2 Å². The van der Waals surface area contributed by atoms with Crippen LogP contribution in [0.15, 0.2) is 30.3 Å². The number of hydrogen-bond acceptors (Lipinski definition) is 2. The highest BCUT2D eigenvalue weighted by molar-refractivity contribution is 5.20. The van der Waals surface area contributed by atoms with Crippen LogP contribution in [0.4, 0.5) is 13.2 Å². The third-order valence-corrected chi connectivity index (χ3v) is 0.977. The third kappa shape index (κ3) is 5.98. The molecule has 1 rings (SSSR count). The Morgan fingerprint density at radius 2 is 1.54 bits per heavy atom. The van der Waals surface area contributed by atoms with E-state index in [4.69, 9.17) is 0 Å². The molecule has 0 saturated heterocycles. The van der Waals surface area contributed by atoms with E-state index >= 15 is 0 Å². The fraction of sp³-hybridized carbons (Fsp3) is 0.250. The van der Waals surface area contributed by atoms with Crippen molar-refractivity contribution in [1.82, 2.24) is 0 Å². The zero-order chi connectivity index (χ0) is 10.3. The summed E-state index contributed by atoms with van der Waals surface area (Å²) >= 11 is 0. The molecule has 0 fully saturated rings. The maximum Gasteiger partial charge on any atom is 0.573 e. The molecule has 1 aromatic rings. The van der Waals surface area contributed by atoms with Gasteiger partial charge in [-0.05, 0) is 19.2 Å². The van der Waals surface area contributed by atoms with Crippen LogP contribution in [-0.4, -0.2) is 13.4 Å². The van der Waals surface area contributed by atoms with Crippen LogP contribution in [0.5, 0.6) is 5.75 Å². The van der Waals surface area contributed by atoms with Gasteiger partial charge in [-0.15, -0.1) is 13.2 Å². The first kappa shape index (κ1) is 11.8. The van der Waals surface area contributed by atoms with Crippen molar-refractivity contribution in [3.8, 4) is 5.75 Å². The molecule has 0 saturated carbocycles. The number of rotatable bonds is 1. The summed E-state index contributed by atoms with van der Waals surface area (Å²) in [5.74, 6) is -0.194. The molecule has 0 aliphatic carbocycles. The molecule has 0 spiro atoms. The van der Waals surface area contributed by atoms with Gasteiger partial charge in [0.15, 0.2) is 0 Å². The van der Waals surface area contributed by atoms with Crippen molar-refractivity contribution in [1.29, 1.82) is 0 Å². The maximum absolute atomic E-state index is 11.5. The summed E-state index contributed by atoms with van der Waals surface area (Å²) in [4.78, 5) is 0. The fourth-order valence-corrected chi connectivity index (χ4v) is 0.622. The van der Waals surface area contributed by atoms with Gasteiger partial charge in [0.1, 0.15) is 5.75 Å². The summed E-state index contributed by atoms with van der Waals surface area (Å²) in [5, 5.41) is 0. The number of ether oxygens (including phenoxy) is 1. The van der Waals surface area contributed by atoms with E-state index in [1.54, 1.807) is 6.07 Å². The highest BCUT2D eigenvalue weighted by Crippen LogP contribution is 2.21. The third-order valence-electron chi connectivity index (χ3n) is 0.977. The highest BCUT2D eigenvalue weighted by atomic mass is 19.4. The molecule has 5 heteroatoms. The molecule has 0 amide bonds. The Morgan fingerprint density at radius 1 is 1.08 bits per heavy atom. The van der Waals surface area contributed by atoms with Crippen LogP contribution in [0.2, 0.25) is 0 Å². The molecule has 0 atom stereocenters. The molecule has 2 N–H and O–H groups in total. The average molecular weight is 193 g/mol. The Balaban J connectivity index is 0.000000671. The van der Waals surface area contributed by atoms with Gasteiger partial charge >= 0.3 is 6.36 Å². The van der Waals surface area contributed by atoms with E-state index in [0.717, 1.165) is 0 Å². The van der Waals surface area contributed by atoms with Crippen LogP contribution in [-0.2, 0) is 0 Å². The predicted octanol–water partition coefficient (Wildman–Crippen LogP) is 2.16.